The minimum absolute atomic E-state index is 0.111. The lowest BCUT2D eigenvalue weighted by molar-refractivity contribution is -0.126. The monoisotopic (exact) mass is 351 g/mol. The molecule has 136 valence electrons. The highest BCUT2D eigenvalue weighted by molar-refractivity contribution is 5.94. The highest BCUT2D eigenvalue weighted by Crippen LogP contribution is 2.23. The molecular weight excluding hydrogens is 326 g/mol. The number of hydrogen-bond acceptors (Lipinski definition) is 3. The second-order valence-corrected chi connectivity index (χ2v) is 6.79. The Bertz CT molecular complexity index is 723. The van der Waals surface area contributed by atoms with Gasteiger partial charge >= 0.3 is 0 Å². The van der Waals surface area contributed by atoms with Crippen molar-refractivity contribution in [3.05, 3.63) is 65.5 Å². The Morgan fingerprint density at radius 3 is 2.15 bits per heavy atom. The summed E-state index contributed by atoms with van der Waals surface area (Å²) in [5, 5.41) is 5.91. The fourth-order valence-electron chi connectivity index (χ4n) is 3.26. The van der Waals surface area contributed by atoms with E-state index in [1.54, 1.807) is 24.5 Å². The van der Waals surface area contributed by atoms with Crippen LogP contribution in [0.3, 0.4) is 0 Å². The molecule has 2 amide bonds. The quantitative estimate of drug-likeness (QED) is 0.839. The Morgan fingerprint density at radius 2 is 1.46 bits per heavy atom. The SMILES string of the molecule is O=C(NCc1ccncc1)c1ccc(CNC(=O)C2CCCCC2)cc1. The standard InChI is InChI=1S/C21H25N3O2/c25-20(18-4-2-1-3-5-18)23-14-16-6-8-19(9-7-16)21(26)24-15-17-10-12-22-13-11-17/h6-13,18H,1-5,14-15H2,(H,23,25)(H,24,26). The molecule has 0 aliphatic heterocycles. The van der Waals surface area contributed by atoms with Gasteiger partial charge in [0.25, 0.3) is 5.91 Å². The van der Waals surface area contributed by atoms with E-state index in [9.17, 15) is 9.59 Å². The molecule has 1 fully saturated rings. The van der Waals surface area contributed by atoms with Crippen molar-refractivity contribution in [2.24, 2.45) is 5.92 Å². The van der Waals surface area contributed by atoms with Gasteiger partial charge in [0, 0.05) is 37.0 Å². The minimum Gasteiger partial charge on any atom is -0.352 e. The van der Waals surface area contributed by atoms with Crippen molar-refractivity contribution in [1.29, 1.82) is 0 Å². The predicted octanol–water partition coefficient (Wildman–Crippen LogP) is 3.21. The number of carbonyl (C=O) groups excluding carboxylic acids is 2. The van der Waals surface area contributed by atoms with E-state index >= 15 is 0 Å². The third-order valence-corrected chi connectivity index (χ3v) is 4.86. The summed E-state index contributed by atoms with van der Waals surface area (Å²) in [5.74, 6) is 0.213. The van der Waals surface area contributed by atoms with Gasteiger partial charge in [0.1, 0.15) is 0 Å². The molecule has 3 rings (SSSR count). The lowest BCUT2D eigenvalue weighted by Gasteiger charge is -2.20. The van der Waals surface area contributed by atoms with Crippen LogP contribution < -0.4 is 10.6 Å². The van der Waals surface area contributed by atoms with Gasteiger partial charge < -0.3 is 10.6 Å². The highest BCUT2D eigenvalue weighted by Gasteiger charge is 2.20. The molecule has 1 aliphatic rings. The molecule has 0 unspecified atom stereocenters. The second-order valence-electron chi connectivity index (χ2n) is 6.79. The maximum atomic E-state index is 12.2. The van der Waals surface area contributed by atoms with Gasteiger partial charge in [-0.05, 0) is 48.2 Å². The first-order valence-corrected chi connectivity index (χ1v) is 9.26. The van der Waals surface area contributed by atoms with Crippen LogP contribution in [0.1, 0.15) is 53.6 Å². The normalized spacial score (nSPS) is 14.6. The van der Waals surface area contributed by atoms with Crippen molar-refractivity contribution in [3.8, 4) is 0 Å². The van der Waals surface area contributed by atoms with Crippen LogP contribution in [0, 0.1) is 5.92 Å². The Hall–Kier alpha value is -2.69. The number of amides is 2. The Balaban J connectivity index is 1.46. The van der Waals surface area contributed by atoms with E-state index in [4.69, 9.17) is 0 Å². The number of benzene rings is 1. The molecule has 0 radical (unpaired) electrons. The number of hydrogen-bond donors (Lipinski definition) is 2. The summed E-state index contributed by atoms with van der Waals surface area (Å²) in [4.78, 5) is 28.3. The first kappa shape index (κ1) is 18.1. The first-order chi connectivity index (χ1) is 12.7. The molecule has 0 saturated heterocycles. The topological polar surface area (TPSA) is 71.1 Å². The number of nitrogens with zero attached hydrogens (tertiary/aromatic N) is 1. The smallest absolute Gasteiger partial charge is 0.251 e. The number of pyridine rings is 1. The van der Waals surface area contributed by atoms with Crippen molar-refractivity contribution >= 4 is 11.8 Å². The van der Waals surface area contributed by atoms with Gasteiger partial charge in [-0.3, -0.25) is 14.6 Å². The highest BCUT2D eigenvalue weighted by atomic mass is 16.2. The van der Waals surface area contributed by atoms with E-state index in [0.29, 0.717) is 18.7 Å². The van der Waals surface area contributed by atoms with Crippen molar-refractivity contribution in [2.75, 3.05) is 0 Å². The molecule has 1 saturated carbocycles. The van der Waals surface area contributed by atoms with E-state index in [2.05, 4.69) is 15.6 Å². The molecule has 1 aliphatic carbocycles. The molecule has 0 bridgehead atoms. The van der Waals surface area contributed by atoms with Crippen molar-refractivity contribution in [2.45, 2.75) is 45.2 Å². The lowest BCUT2D eigenvalue weighted by Crippen LogP contribution is -2.31. The van der Waals surface area contributed by atoms with Gasteiger partial charge in [-0.25, -0.2) is 0 Å². The average Bonchev–Trinajstić information content (AvgIpc) is 2.72. The lowest BCUT2D eigenvalue weighted by atomic mass is 9.88. The molecule has 2 aromatic rings. The number of aromatic nitrogens is 1. The third kappa shape index (κ3) is 5.15. The largest absolute Gasteiger partial charge is 0.352 e. The zero-order valence-corrected chi connectivity index (χ0v) is 14.9. The van der Waals surface area contributed by atoms with Gasteiger partial charge in [0.15, 0.2) is 0 Å². The molecule has 5 heteroatoms. The van der Waals surface area contributed by atoms with Crippen molar-refractivity contribution in [3.63, 3.8) is 0 Å². The maximum absolute atomic E-state index is 12.2. The van der Waals surface area contributed by atoms with E-state index in [0.717, 1.165) is 36.8 Å². The fourth-order valence-corrected chi connectivity index (χ4v) is 3.26. The van der Waals surface area contributed by atoms with Crippen LogP contribution >= 0.6 is 0 Å². The average molecular weight is 351 g/mol. The second kappa shape index (κ2) is 9.13. The summed E-state index contributed by atoms with van der Waals surface area (Å²) in [6.07, 6.45) is 8.97. The molecule has 0 spiro atoms. The minimum atomic E-state index is -0.111. The zero-order valence-electron chi connectivity index (χ0n) is 14.9. The van der Waals surface area contributed by atoms with E-state index in [1.165, 1.54) is 6.42 Å². The van der Waals surface area contributed by atoms with Gasteiger partial charge in [0.05, 0.1) is 0 Å². The summed E-state index contributed by atoms with van der Waals surface area (Å²) in [7, 11) is 0. The number of nitrogens with one attached hydrogen (secondary N) is 2. The van der Waals surface area contributed by atoms with Gasteiger partial charge in [-0.2, -0.15) is 0 Å². The van der Waals surface area contributed by atoms with Crippen LogP contribution in [0.2, 0.25) is 0 Å². The van der Waals surface area contributed by atoms with Crippen molar-refractivity contribution in [1.82, 2.24) is 15.6 Å². The maximum Gasteiger partial charge on any atom is 0.251 e. The molecule has 26 heavy (non-hydrogen) atoms. The Kier molecular flexibility index (Phi) is 6.36. The van der Waals surface area contributed by atoms with Gasteiger partial charge in [-0.1, -0.05) is 31.4 Å². The van der Waals surface area contributed by atoms with Crippen LogP contribution in [0.4, 0.5) is 0 Å². The van der Waals surface area contributed by atoms with Crippen LogP contribution in [-0.2, 0) is 17.9 Å². The third-order valence-electron chi connectivity index (χ3n) is 4.86. The number of rotatable bonds is 6. The van der Waals surface area contributed by atoms with Gasteiger partial charge in [0.2, 0.25) is 5.91 Å². The summed E-state index contributed by atoms with van der Waals surface area (Å²) in [5.41, 5.74) is 2.62. The molecule has 0 atom stereocenters. The van der Waals surface area contributed by atoms with E-state index in [1.807, 2.05) is 24.3 Å². The predicted molar refractivity (Wildman–Crippen MR) is 100 cm³/mol. The van der Waals surface area contributed by atoms with Crippen LogP contribution in [0.15, 0.2) is 48.8 Å². The molecule has 1 heterocycles. The van der Waals surface area contributed by atoms with Crippen LogP contribution in [0.5, 0.6) is 0 Å². The number of carbonyl (C=O) groups is 2. The van der Waals surface area contributed by atoms with Gasteiger partial charge in [-0.15, -0.1) is 0 Å². The molecule has 1 aromatic carbocycles. The fraction of sp³-hybridized carbons (Fsp3) is 0.381. The zero-order chi connectivity index (χ0) is 18.2. The molecule has 2 N–H and O–H groups in total. The Labute approximate surface area is 154 Å². The first-order valence-electron chi connectivity index (χ1n) is 9.26. The summed E-state index contributed by atoms with van der Waals surface area (Å²) >= 11 is 0. The van der Waals surface area contributed by atoms with Crippen LogP contribution in [0.25, 0.3) is 0 Å². The molecular formula is C21H25N3O2. The van der Waals surface area contributed by atoms with Crippen LogP contribution in [-0.4, -0.2) is 16.8 Å². The molecule has 5 nitrogen and oxygen atoms in total. The summed E-state index contributed by atoms with van der Waals surface area (Å²) < 4.78 is 0. The summed E-state index contributed by atoms with van der Waals surface area (Å²) in [6, 6.07) is 11.1. The summed E-state index contributed by atoms with van der Waals surface area (Å²) in [6.45, 7) is 0.981. The van der Waals surface area contributed by atoms with E-state index in [-0.39, 0.29) is 17.7 Å². The van der Waals surface area contributed by atoms with E-state index < -0.39 is 0 Å². The van der Waals surface area contributed by atoms with Crippen molar-refractivity contribution < 1.29 is 9.59 Å². The Morgan fingerprint density at radius 1 is 0.846 bits per heavy atom. The molecule has 1 aromatic heterocycles.